The molecule has 2 rings (SSSR count). The molecule has 0 saturated carbocycles. The van der Waals surface area contributed by atoms with Gasteiger partial charge in [-0.3, -0.25) is 10.1 Å². The van der Waals surface area contributed by atoms with Gasteiger partial charge in [-0.15, -0.1) is 0 Å². The third kappa shape index (κ3) is 3.28. The zero-order chi connectivity index (χ0) is 15.6. The zero-order valence-electron chi connectivity index (χ0n) is 10.9. The van der Waals surface area contributed by atoms with Crippen molar-refractivity contribution in [3.05, 3.63) is 51.0 Å². The molecule has 1 heterocycles. The zero-order valence-corrected chi connectivity index (χ0v) is 13.3. The van der Waals surface area contributed by atoms with Crippen LogP contribution in [0.25, 0.3) is 0 Å². The minimum Gasteiger partial charge on any atom is -0.347 e. The van der Waals surface area contributed by atoms with Gasteiger partial charge in [0.15, 0.2) is 4.90 Å². The van der Waals surface area contributed by atoms with Gasteiger partial charge < -0.3 is 4.98 Å². The molecule has 8 nitrogen and oxygen atoms in total. The molecule has 0 radical (unpaired) electrons. The summed E-state index contributed by atoms with van der Waals surface area (Å²) >= 11 is 3.12. The summed E-state index contributed by atoms with van der Waals surface area (Å²) in [5.74, 6) is 0.443. The maximum atomic E-state index is 12.5. The van der Waals surface area contributed by atoms with E-state index in [-0.39, 0.29) is 11.4 Å². The molecule has 1 aromatic carbocycles. The van der Waals surface area contributed by atoms with Gasteiger partial charge in [-0.05, 0) is 12.1 Å². The van der Waals surface area contributed by atoms with E-state index in [0.29, 0.717) is 10.3 Å². The Morgan fingerprint density at radius 2 is 2.19 bits per heavy atom. The second-order valence-corrected chi connectivity index (χ2v) is 7.10. The lowest BCUT2D eigenvalue weighted by Gasteiger charge is -2.16. The van der Waals surface area contributed by atoms with E-state index >= 15 is 0 Å². The molecule has 1 aromatic heterocycles. The van der Waals surface area contributed by atoms with Crippen LogP contribution in [0.3, 0.4) is 0 Å². The topological polar surface area (TPSA) is 109 Å². The van der Waals surface area contributed by atoms with E-state index in [1.165, 1.54) is 25.4 Å². The van der Waals surface area contributed by atoms with Crippen LogP contribution >= 0.6 is 15.9 Å². The number of nitrogens with zero attached hydrogens (tertiary/aromatic N) is 3. The largest absolute Gasteiger partial charge is 0.347 e. The van der Waals surface area contributed by atoms with Crippen LogP contribution in [0.5, 0.6) is 0 Å². The minimum absolute atomic E-state index is 0.0149. The van der Waals surface area contributed by atoms with Crippen molar-refractivity contribution in [1.82, 2.24) is 14.3 Å². The Hall–Kier alpha value is -1.78. The second-order valence-electron chi connectivity index (χ2n) is 4.17. The molecule has 1 N–H and O–H groups in total. The van der Waals surface area contributed by atoms with E-state index in [1.54, 1.807) is 6.20 Å². The van der Waals surface area contributed by atoms with Crippen molar-refractivity contribution in [3.63, 3.8) is 0 Å². The van der Waals surface area contributed by atoms with Crippen molar-refractivity contribution in [2.75, 3.05) is 7.05 Å². The SMILES string of the molecule is CN(Cc1ncc[nH]1)S(=O)(=O)c1cc(Br)ccc1[N+](=O)[O-]. The summed E-state index contributed by atoms with van der Waals surface area (Å²) in [6.45, 7) is -0.0149. The molecular formula is C11H11BrN4O4S. The Balaban J connectivity index is 2.43. The standard InChI is InChI=1S/C11H11BrN4O4S/c1-15(7-11-13-4-5-14-11)21(19,20)10-6-8(12)2-3-9(10)16(17)18/h2-6H,7H2,1H3,(H,13,14). The molecule has 21 heavy (non-hydrogen) atoms. The molecule has 0 aliphatic rings. The normalized spacial score (nSPS) is 11.8. The van der Waals surface area contributed by atoms with Crippen LogP contribution < -0.4 is 0 Å². The Morgan fingerprint density at radius 1 is 1.48 bits per heavy atom. The second kappa shape index (κ2) is 5.92. The number of rotatable bonds is 5. The lowest BCUT2D eigenvalue weighted by molar-refractivity contribution is -0.387. The summed E-state index contributed by atoms with van der Waals surface area (Å²) in [4.78, 5) is 16.6. The number of nitro benzene ring substituents is 1. The van der Waals surface area contributed by atoms with Crippen LogP contribution in [0.4, 0.5) is 5.69 Å². The molecule has 0 amide bonds. The smallest absolute Gasteiger partial charge is 0.289 e. The van der Waals surface area contributed by atoms with Gasteiger partial charge in [-0.2, -0.15) is 4.31 Å². The predicted molar refractivity (Wildman–Crippen MR) is 78.0 cm³/mol. The fourth-order valence-electron chi connectivity index (χ4n) is 1.69. The summed E-state index contributed by atoms with van der Waals surface area (Å²) in [5, 5.41) is 11.0. The van der Waals surface area contributed by atoms with Crippen molar-refractivity contribution in [2.24, 2.45) is 0 Å². The number of sulfonamides is 1. The molecule has 0 spiro atoms. The van der Waals surface area contributed by atoms with Crippen LogP contribution in [-0.2, 0) is 16.6 Å². The van der Waals surface area contributed by atoms with Crippen LogP contribution in [0.2, 0.25) is 0 Å². The minimum atomic E-state index is -4.01. The first-order valence-electron chi connectivity index (χ1n) is 5.71. The van der Waals surface area contributed by atoms with Crippen molar-refractivity contribution in [1.29, 1.82) is 0 Å². The first-order chi connectivity index (χ1) is 9.82. The van der Waals surface area contributed by atoms with Crippen molar-refractivity contribution in [3.8, 4) is 0 Å². The highest BCUT2D eigenvalue weighted by molar-refractivity contribution is 9.10. The van der Waals surface area contributed by atoms with Gasteiger partial charge in [-0.25, -0.2) is 13.4 Å². The highest BCUT2D eigenvalue weighted by Gasteiger charge is 2.30. The van der Waals surface area contributed by atoms with E-state index in [9.17, 15) is 18.5 Å². The lowest BCUT2D eigenvalue weighted by Crippen LogP contribution is -2.27. The van der Waals surface area contributed by atoms with Gasteiger partial charge in [-0.1, -0.05) is 15.9 Å². The summed E-state index contributed by atoms with van der Waals surface area (Å²) < 4.78 is 26.4. The average molecular weight is 375 g/mol. The molecule has 10 heteroatoms. The fourth-order valence-corrected chi connectivity index (χ4v) is 3.52. The van der Waals surface area contributed by atoms with E-state index in [4.69, 9.17) is 0 Å². The first-order valence-corrected chi connectivity index (χ1v) is 7.94. The molecule has 112 valence electrons. The average Bonchev–Trinajstić information content (AvgIpc) is 2.91. The molecule has 0 saturated heterocycles. The molecule has 2 aromatic rings. The van der Waals surface area contributed by atoms with Crippen molar-refractivity contribution >= 4 is 31.6 Å². The quantitative estimate of drug-likeness (QED) is 0.634. The number of aromatic nitrogens is 2. The van der Waals surface area contributed by atoms with Crippen molar-refractivity contribution in [2.45, 2.75) is 11.4 Å². The van der Waals surface area contributed by atoms with Crippen molar-refractivity contribution < 1.29 is 13.3 Å². The third-order valence-corrected chi connectivity index (χ3v) is 5.06. The first kappa shape index (κ1) is 15.6. The van der Waals surface area contributed by atoms with Gasteiger partial charge in [0.25, 0.3) is 5.69 Å². The van der Waals surface area contributed by atoms with Gasteiger partial charge in [0, 0.05) is 30.0 Å². The lowest BCUT2D eigenvalue weighted by atomic mass is 10.3. The molecular weight excluding hydrogens is 364 g/mol. The number of benzene rings is 1. The van der Waals surface area contributed by atoms with Gasteiger partial charge in [0.05, 0.1) is 11.5 Å². The number of nitrogens with one attached hydrogen (secondary N) is 1. The number of hydrogen-bond acceptors (Lipinski definition) is 5. The Bertz CT molecular complexity index is 761. The van der Waals surface area contributed by atoms with E-state index in [2.05, 4.69) is 25.9 Å². The van der Waals surface area contributed by atoms with Gasteiger partial charge in [0.2, 0.25) is 10.0 Å². The van der Waals surface area contributed by atoms with Crippen LogP contribution in [0, 0.1) is 10.1 Å². The Morgan fingerprint density at radius 3 is 2.76 bits per heavy atom. The fraction of sp³-hybridized carbons (Fsp3) is 0.182. The van der Waals surface area contributed by atoms with Gasteiger partial charge >= 0.3 is 0 Å². The predicted octanol–water partition coefficient (Wildman–Crippen LogP) is 1.90. The summed E-state index contributed by atoms with van der Waals surface area (Å²) in [5.41, 5.74) is -0.468. The van der Waals surface area contributed by atoms with Crippen LogP contribution in [0.1, 0.15) is 5.82 Å². The third-order valence-electron chi connectivity index (χ3n) is 2.73. The monoisotopic (exact) mass is 374 g/mol. The molecule has 0 unspecified atom stereocenters. The summed E-state index contributed by atoms with van der Waals surface area (Å²) in [7, 11) is -2.68. The van der Waals surface area contributed by atoms with E-state index in [1.807, 2.05) is 0 Å². The van der Waals surface area contributed by atoms with Crippen LogP contribution in [-0.4, -0.2) is 34.7 Å². The number of aromatic amines is 1. The molecule has 0 bridgehead atoms. The number of hydrogen-bond donors (Lipinski definition) is 1. The molecule has 0 fully saturated rings. The highest BCUT2D eigenvalue weighted by atomic mass is 79.9. The van der Waals surface area contributed by atoms with Crippen LogP contribution in [0.15, 0.2) is 40.0 Å². The molecule has 0 aliphatic carbocycles. The number of halogens is 1. The molecule has 0 atom stereocenters. The number of nitro groups is 1. The van der Waals surface area contributed by atoms with E-state index < -0.39 is 20.6 Å². The summed E-state index contributed by atoms with van der Waals surface area (Å²) in [6, 6.07) is 3.79. The maximum absolute atomic E-state index is 12.5. The number of imidazole rings is 1. The Kier molecular flexibility index (Phi) is 4.40. The maximum Gasteiger partial charge on any atom is 0.289 e. The number of H-pyrrole nitrogens is 1. The highest BCUT2D eigenvalue weighted by Crippen LogP contribution is 2.29. The summed E-state index contributed by atoms with van der Waals surface area (Å²) in [6.07, 6.45) is 3.06. The Labute approximate surface area is 129 Å². The molecule has 0 aliphatic heterocycles. The van der Waals surface area contributed by atoms with Gasteiger partial charge in [0.1, 0.15) is 5.82 Å². The van der Waals surface area contributed by atoms with E-state index in [0.717, 1.165) is 10.4 Å².